The van der Waals surface area contributed by atoms with Crippen LogP contribution in [0.25, 0.3) is 0 Å². The van der Waals surface area contributed by atoms with E-state index in [4.69, 9.17) is 11.6 Å². The lowest BCUT2D eigenvalue weighted by molar-refractivity contribution is 0.148. The fraction of sp³-hybridized carbons (Fsp3) is 0.579. The number of nitrogens with two attached hydrogens (primary N) is 2. The number of hydrazine groups is 1. The molecule has 4 N–H and O–H groups in total. The quantitative estimate of drug-likeness (QED) is 0.652. The van der Waals surface area contributed by atoms with Gasteiger partial charge >= 0.3 is 0 Å². The Morgan fingerprint density at radius 2 is 2.04 bits per heavy atom. The summed E-state index contributed by atoms with van der Waals surface area (Å²) in [4.78, 5) is 4.95. The van der Waals surface area contributed by atoms with Crippen molar-refractivity contribution < 1.29 is 0 Å². The molecular weight excluding hydrogens is 298 g/mol. The van der Waals surface area contributed by atoms with Crippen LogP contribution in [-0.2, 0) is 13.0 Å². The van der Waals surface area contributed by atoms with Crippen LogP contribution in [0.3, 0.4) is 0 Å². The van der Waals surface area contributed by atoms with Gasteiger partial charge in [0.1, 0.15) is 0 Å². The highest BCUT2D eigenvalue weighted by atomic mass is 15.4. The minimum atomic E-state index is 0.241. The predicted octanol–water partition coefficient (Wildman–Crippen LogP) is 1.81. The second-order valence-corrected chi connectivity index (χ2v) is 7.34. The Hall–Kier alpha value is -1.56. The highest BCUT2D eigenvalue weighted by molar-refractivity contribution is 5.36. The van der Waals surface area contributed by atoms with Gasteiger partial charge in [0.05, 0.1) is 6.04 Å². The van der Waals surface area contributed by atoms with E-state index < -0.39 is 0 Å². The molecule has 0 radical (unpaired) electrons. The summed E-state index contributed by atoms with van der Waals surface area (Å²) in [5.74, 6) is 6.23. The van der Waals surface area contributed by atoms with Crippen LogP contribution in [0.1, 0.15) is 42.5 Å². The predicted molar refractivity (Wildman–Crippen MR) is 98.9 cm³/mol. The van der Waals surface area contributed by atoms with E-state index in [0.29, 0.717) is 0 Å². The molecule has 1 aromatic carbocycles. The van der Waals surface area contributed by atoms with Crippen LogP contribution >= 0.6 is 0 Å². The van der Waals surface area contributed by atoms with Gasteiger partial charge in [-0.15, -0.1) is 0 Å². The van der Waals surface area contributed by atoms with Crippen LogP contribution in [0.15, 0.2) is 30.1 Å². The molecule has 1 atom stereocenters. The van der Waals surface area contributed by atoms with Crippen molar-refractivity contribution in [2.75, 3.05) is 33.2 Å². The molecule has 0 bridgehead atoms. The third-order valence-corrected chi connectivity index (χ3v) is 5.20. The first-order valence-electron chi connectivity index (χ1n) is 9.02. The molecule has 1 heterocycles. The lowest BCUT2D eigenvalue weighted by Crippen LogP contribution is -2.43. The van der Waals surface area contributed by atoms with Crippen LogP contribution in [0, 0.1) is 0 Å². The van der Waals surface area contributed by atoms with Gasteiger partial charge in [-0.1, -0.05) is 18.2 Å². The number of hydrogen-bond acceptors (Lipinski definition) is 5. The van der Waals surface area contributed by atoms with Crippen molar-refractivity contribution in [3.05, 3.63) is 46.8 Å². The van der Waals surface area contributed by atoms with Gasteiger partial charge in [0.25, 0.3) is 0 Å². The van der Waals surface area contributed by atoms with Crippen molar-refractivity contribution >= 4 is 0 Å². The number of piperazine rings is 1. The van der Waals surface area contributed by atoms with E-state index in [1.54, 1.807) is 5.01 Å². The second kappa shape index (κ2) is 7.55. The Labute approximate surface area is 145 Å². The van der Waals surface area contributed by atoms with Gasteiger partial charge in [-0.25, -0.2) is 5.84 Å². The van der Waals surface area contributed by atoms with Crippen LogP contribution in [-0.4, -0.2) is 48.0 Å². The summed E-state index contributed by atoms with van der Waals surface area (Å²) in [6.45, 7) is 7.59. The van der Waals surface area contributed by atoms with E-state index in [0.717, 1.165) is 38.2 Å². The molecule has 0 amide bonds. The molecule has 1 unspecified atom stereocenters. The number of aryl methyl sites for hydroxylation is 1. The first-order valence-corrected chi connectivity index (χ1v) is 9.02. The monoisotopic (exact) mass is 329 g/mol. The van der Waals surface area contributed by atoms with Gasteiger partial charge in [-0.3, -0.25) is 4.90 Å². The van der Waals surface area contributed by atoms with Crippen molar-refractivity contribution in [3.63, 3.8) is 0 Å². The van der Waals surface area contributed by atoms with Gasteiger partial charge in [-0.05, 0) is 49.9 Å². The van der Waals surface area contributed by atoms with Gasteiger partial charge in [0.15, 0.2) is 0 Å². The largest absolute Gasteiger partial charge is 0.401 e. The summed E-state index contributed by atoms with van der Waals surface area (Å²) in [6.07, 6.45) is 5.27. The minimum absolute atomic E-state index is 0.241. The molecule has 3 rings (SSSR count). The lowest BCUT2D eigenvalue weighted by Gasteiger charge is -2.34. The van der Waals surface area contributed by atoms with E-state index in [2.05, 4.69) is 35.0 Å². The third-order valence-electron chi connectivity index (χ3n) is 5.20. The molecule has 0 aromatic heterocycles. The summed E-state index contributed by atoms with van der Waals surface area (Å²) in [6, 6.07) is 7.20. The lowest BCUT2D eigenvalue weighted by atomic mass is 9.86. The SMILES string of the molecule is C/C(N)=C/N(N)C1CCCc2cc(CN3CCN(C)CC3)ccc21. The Morgan fingerprint density at radius 1 is 1.29 bits per heavy atom. The summed E-state index contributed by atoms with van der Waals surface area (Å²) in [5, 5.41) is 1.79. The van der Waals surface area contributed by atoms with Gasteiger partial charge in [0.2, 0.25) is 0 Å². The fourth-order valence-corrected chi connectivity index (χ4v) is 3.84. The van der Waals surface area contributed by atoms with E-state index in [9.17, 15) is 0 Å². The summed E-state index contributed by atoms with van der Waals surface area (Å²) in [7, 11) is 2.20. The van der Waals surface area contributed by atoms with Gasteiger partial charge < -0.3 is 15.6 Å². The topological polar surface area (TPSA) is 61.8 Å². The first kappa shape index (κ1) is 17.3. The molecule has 1 fully saturated rings. The van der Waals surface area contributed by atoms with Crippen LogP contribution in [0.2, 0.25) is 0 Å². The van der Waals surface area contributed by atoms with Crippen LogP contribution in [0.4, 0.5) is 0 Å². The molecule has 1 aromatic rings. The maximum Gasteiger partial charge on any atom is 0.0698 e. The molecule has 1 saturated heterocycles. The number of nitrogens with zero attached hydrogens (tertiary/aromatic N) is 3. The Bertz CT molecular complexity index is 585. The number of fused-ring (bicyclic) bond motifs is 1. The molecule has 0 spiro atoms. The van der Waals surface area contributed by atoms with E-state index >= 15 is 0 Å². The molecule has 0 saturated carbocycles. The van der Waals surface area contributed by atoms with Crippen molar-refractivity contribution in [2.24, 2.45) is 11.6 Å². The van der Waals surface area contributed by atoms with Crippen molar-refractivity contribution in [3.8, 4) is 0 Å². The third kappa shape index (κ3) is 4.09. The molecule has 24 heavy (non-hydrogen) atoms. The summed E-state index contributed by atoms with van der Waals surface area (Å²) in [5.41, 5.74) is 10.8. The highest BCUT2D eigenvalue weighted by Crippen LogP contribution is 2.34. The second-order valence-electron chi connectivity index (χ2n) is 7.34. The number of rotatable bonds is 4. The number of allylic oxidation sites excluding steroid dienone is 1. The zero-order chi connectivity index (χ0) is 17.1. The van der Waals surface area contributed by atoms with Crippen molar-refractivity contribution in [1.29, 1.82) is 0 Å². The first-order chi connectivity index (χ1) is 11.5. The van der Waals surface area contributed by atoms with Crippen LogP contribution < -0.4 is 11.6 Å². The smallest absolute Gasteiger partial charge is 0.0698 e. The zero-order valence-corrected chi connectivity index (χ0v) is 15.0. The van der Waals surface area contributed by atoms with Crippen molar-refractivity contribution in [2.45, 2.75) is 38.8 Å². The van der Waals surface area contributed by atoms with Crippen LogP contribution in [0.5, 0.6) is 0 Å². The maximum atomic E-state index is 6.23. The molecular formula is C19H31N5. The van der Waals surface area contributed by atoms with E-state index in [1.165, 1.54) is 36.2 Å². The number of hydrogen-bond donors (Lipinski definition) is 2. The highest BCUT2D eigenvalue weighted by Gasteiger charge is 2.23. The van der Waals surface area contributed by atoms with Gasteiger partial charge in [-0.2, -0.15) is 0 Å². The molecule has 5 nitrogen and oxygen atoms in total. The fourth-order valence-electron chi connectivity index (χ4n) is 3.84. The Balaban J connectivity index is 1.72. The molecule has 2 aliphatic rings. The van der Waals surface area contributed by atoms with E-state index in [1.807, 2.05) is 13.1 Å². The number of likely N-dealkylation sites (N-methyl/N-ethyl adjacent to an activating group) is 1. The normalized spacial score (nSPS) is 23.1. The summed E-state index contributed by atoms with van der Waals surface area (Å²) < 4.78 is 0. The zero-order valence-electron chi connectivity index (χ0n) is 15.0. The average Bonchev–Trinajstić information content (AvgIpc) is 2.55. The molecule has 1 aliphatic carbocycles. The van der Waals surface area contributed by atoms with Gasteiger partial charge in [0, 0.05) is 44.6 Å². The summed E-state index contributed by atoms with van der Waals surface area (Å²) >= 11 is 0. The standard InChI is InChI=1S/C19H31N5/c1-15(20)13-24(21)19-5-3-4-17-12-16(6-7-18(17)19)14-23-10-8-22(2)9-11-23/h6-7,12-13,19H,3-5,8-11,14,20-21H2,1-2H3/b15-13-. The Kier molecular flexibility index (Phi) is 5.43. The Morgan fingerprint density at radius 3 is 2.75 bits per heavy atom. The van der Waals surface area contributed by atoms with Crippen molar-refractivity contribution in [1.82, 2.24) is 14.8 Å². The average molecular weight is 329 g/mol. The molecule has 5 heteroatoms. The molecule has 1 aliphatic heterocycles. The maximum absolute atomic E-state index is 6.23. The minimum Gasteiger partial charge on any atom is -0.401 e. The number of benzene rings is 1. The molecule has 132 valence electrons. The van der Waals surface area contributed by atoms with E-state index in [-0.39, 0.29) is 6.04 Å².